The molecule has 2 aromatic heterocycles. The number of pyridine rings is 1. The molecule has 0 unspecified atom stereocenters. The van der Waals surface area contributed by atoms with E-state index in [-0.39, 0.29) is 23.3 Å². The van der Waals surface area contributed by atoms with Gasteiger partial charge >= 0.3 is 0 Å². The van der Waals surface area contributed by atoms with Gasteiger partial charge in [0.1, 0.15) is 0 Å². The van der Waals surface area contributed by atoms with E-state index in [1.807, 2.05) is 18.2 Å². The molecule has 0 fully saturated rings. The second-order valence-corrected chi connectivity index (χ2v) is 8.65. The number of para-hydroxylation sites is 2. The van der Waals surface area contributed by atoms with Crippen molar-refractivity contribution in [3.63, 3.8) is 0 Å². The van der Waals surface area contributed by atoms with Crippen LogP contribution in [0.5, 0.6) is 23.1 Å². The summed E-state index contributed by atoms with van der Waals surface area (Å²) in [5.41, 5.74) is 1.34. The molecule has 0 aliphatic heterocycles. The van der Waals surface area contributed by atoms with Crippen LogP contribution in [0.2, 0.25) is 0 Å². The third-order valence-corrected chi connectivity index (χ3v) is 5.70. The minimum atomic E-state index is -3.99. The number of aromatic nitrogens is 3. The Morgan fingerprint density at radius 3 is 2.20 bits per heavy atom. The fraction of sp³-hybridized carbons (Fsp3) is 0.0800. The lowest BCUT2D eigenvalue weighted by Gasteiger charge is -2.16. The zero-order chi connectivity index (χ0) is 24.7. The summed E-state index contributed by atoms with van der Waals surface area (Å²) in [6, 6.07) is 19.4. The van der Waals surface area contributed by atoms with Crippen LogP contribution >= 0.6 is 0 Å². The summed E-state index contributed by atoms with van der Waals surface area (Å²) in [6.07, 6.45) is 4.64. The van der Waals surface area contributed by atoms with E-state index >= 15 is 0 Å². The first-order chi connectivity index (χ1) is 17.0. The lowest BCUT2D eigenvalue weighted by Crippen LogP contribution is -2.13. The molecule has 1 N–H and O–H groups in total. The van der Waals surface area contributed by atoms with Gasteiger partial charge in [-0.2, -0.15) is 4.98 Å². The van der Waals surface area contributed by atoms with Crippen LogP contribution in [-0.2, 0) is 10.0 Å². The van der Waals surface area contributed by atoms with Crippen LogP contribution in [0.4, 0.5) is 5.82 Å². The van der Waals surface area contributed by atoms with Crippen LogP contribution < -0.4 is 18.9 Å². The van der Waals surface area contributed by atoms with Gasteiger partial charge in [-0.25, -0.2) is 13.4 Å². The molecule has 0 atom stereocenters. The van der Waals surface area contributed by atoms with Crippen molar-refractivity contribution in [2.45, 2.75) is 0 Å². The number of rotatable bonds is 9. The Labute approximate surface area is 203 Å². The minimum Gasteiger partial charge on any atom is -0.493 e. The predicted octanol–water partition coefficient (Wildman–Crippen LogP) is 4.76. The molecule has 9 nitrogen and oxygen atoms in total. The second kappa shape index (κ2) is 10.7. The van der Waals surface area contributed by atoms with Crippen molar-refractivity contribution in [2.75, 3.05) is 18.9 Å². The Morgan fingerprint density at radius 1 is 0.829 bits per heavy atom. The number of nitrogens with one attached hydrogen (secondary N) is 1. The first kappa shape index (κ1) is 23.7. The maximum absolute atomic E-state index is 13.0. The summed E-state index contributed by atoms with van der Waals surface area (Å²) in [4.78, 5) is 12.8. The lowest BCUT2D eigenvalue weighted by atomic mass is 10.2. The van der Waals surface area contributed by atoms with Gasteiger partial charge in [0.05, 0.1) is 19.6 Å². The first-order valence-corrected chi connectivity index (χ1v) is 12.0. The highest BCUT2D eigenvalue weighted by Gasteiger charge is 2.23. The monoisotopic (exact) mass is 490 g/mol. The fourth-order valence-electron chi connectivity index (χ4n) is 3.07. The second-order valence-electron chi connectivity index (χ2n) is 7.08. The van der Waals surface area contributed by atoms with Crippen molar-refractivity contribution >= 4 is 21.9 Å². The molecule has 0 bridgehead atoms. The summed E-state index contributed by atoms with van der Waals surface area (Å²) in [7, 11) is -1.08. The number of sulfonamides is 1. The largest absolute Gasteiger partial charge is 0.493 e. The number of methoxy groups -OCH3 is 2. The highest BCUT2D eigenvalue weighted by atomic mass is 32.2. The molecule has 35 heavy (non-hydrogen) atoms. The molecule has 0 saturated carbocycles. The molecule has 0 aliphatic carbocycles. The molecule has 4 aromatic rings. The summed E-state index contributed by atoms with van der Waals surface area (Å²) < 4.78 is 45.2. The van der Waals surface area contributed by atoms with E-state index in [4.69, 9.17) is 14.2 Å². The average Bonchev–Trinajstić information content (AvgIpc) is 2.89. The Hall–Kier alpha value is -4.44. The molecular formula is C25H22N4O5S. The van der Waals surface area contributed by atoms with Gasteiger partial charge in [-0.05, 0) is 35.9 Å². The maximum Gasteiger partial charge on any atom is 0.263 e. The molecular weight excluding hydrogens is 468 g/mol. The van der Waals surface area contributed by atoms with Gasteiger partial charge in [0.15, 0.2) is 23.1 Å². The number of anilines is 1. The van der Waals surface area contributed by atoms with E-state index in [0.29, 0.717) is 17.1 Å². The van der Waals surface area contributed by atoms with Gasteiger partial charge in [-0.3, -0.25) is 9.71 Å². The summed E-state index contributed by atoms with van der Waals surface area (Å²) in [6.45, 7) is 0. The highest BCUT2D eigenvalue weighted by molar-refractivity contribution is 7.95. The third-order valence-electron chi connectivity index (χ3n) is 4.73. The molecule has 2 aromatic carbocycles. The molecule has 178 valence electrons. The lowest BCUT2D eigenvalue weighted by molar-refractivity contribution is 0.348. The number of ether oxygens (including phenoxy) is 3. The summed E-state index contributed by atoms with van der Waals surface area (Å²) in [5.74, 6) is 0.891. The van der Waals surface area contributed by atoms with Crippen molar-refractivity contribution in [3.05, 3.63) is 90.1 Å². The Kier molecular flexibility index (Phi) is 7.22. The van der Waals surface area contributed by atoms with Crippen LogP contribution in [0.1, 0.15) is 5.56 Å². The van der Waals surface area contributed by atoms with E-state index in [0.717, 1.165) is 11.0 Å². The predicted molar refractivity (Wildman–Crippen MR) is 133 cm³/mol. The van der Waals surface area contributed by atoms with Gasteiger partial charge in [-0.15, -0.1) is 0 Å². The molecule has 0 aliphatic rings. The average molecular weight is 491 g/mol. The van der Waals surface area contributed by atoms with E-state index in [9.17, 15) is 8.42 Å². The molecule has 10 heteroatoms. The highest BCUT2D eigenvalue weighted by Crippen LogP contribution is 2.41. The normalized spacial score (nSPS) is 11.3. The zero-order valence-electron chi connectivity index (χ0n) is 19.0. The molecule has 0 radical (unpaired) electrons. The molecule has 2 heterocycles. The number of hydrogen-bond acceptors (Lipinski definition) is 8. The van der Waals surface area contributed by atoms with E-state index < -0.39 is 10.0 Å². The van der Waals surface area contributed by atoms with Crippen LogP contribution in [0.15, 0.2) is 84.5 Å². The minimum absolute atomic E-state index is 0.0218. The van der Waals surface area contributed by atoms with Gasteiger partial charge in [-0.1, -0.05) is 42.5 Å². The van der Waals surface area contributed by atoms with E-state index in [1.54, 1.807) is 60.9 Å². The van der Waals surface area contributed by atoms with Crippen LogP contribution in [0.25, 0.3) is 17.5 Å². The van der Waals surface area contributed by atoms with Crippen LogP contribution in [-0.4, -0.2) is 37.6 Å². The standard InChI is InChI=1S/C25H22N4O5S/c1-32-20-10-6-7-11-21(20)34-22-24(29-35(30,31)17-14-18-8-4-3-5-9-18)27-23(28-25(22)33-2)19-12-15-26-16-13-19/h3-17H,1-2H3,(H,27,28,29)/b17-14+. The fourth-order valence-corrected chi connectivity index (χ4v) is 3.89. The van der Waals surface area contributed by atoms with Crippen LogP contribution in [0, 0.1) is 0 Å². The Morgan fingerprint density at radius 2 is 1.51 bits per heavy atom. The molecule has 4 rings (SSSR count). The van der Waals surface area contributed by atoms with E-state index in [2.05, 4.69) is 19.7 Å². The SMILES string of the molecule is COc1ccccc1Oc1c(NS(=O)(=O)/C=C/c2ccccc2)nc(-c2ccncc2)nc1OC. The van der Waals surface area contributed by atoms with Gasteiger partial charge in [0.25, 0.3) is 15.9 Å². The van der Waals surface area contributed by atoms with Crippen molar-refractivity contribution in [1.29, 1.82) is 0 Å². The van der Waals surface area contributed by atoms with Crippen molar-refractivity contribution in [1.82, 2.24) is 15.0 Å². The van der Waals surface area contributed by atoms with Crippen LogP contribution in [0.3, 0.4) is 0 Å². The first-order valence-electron chi connectivity index (χ1n) is 10.4. The molecule has 0 amide bonds. The van der Waals surface area contributed by atoms with Crippen molar-refractivity contribution in [2.24, 2.45) is 0 Å². The number of nitrogens with zero attached hydrogens (tertiary/aromatic N) is 3. The summed E-state index contributed by atoms with van der Waals surface area (Å²) >= 11 is 0. The van der Waals surface area contributed by atoms with Crippen molar-refractivity contribution < 1.29 is 22.6 Å². The number of benzene rings is 2. The van der Waals surface area contributed by atoms with Gasteiger partial charge in [0, 0.05) is 18.0 Å². The zero-order valence-corrected chi connectivity index (χ0v) is 19.8. The van der Waals surface area contributed by atoms with E-state index in [1.165, 1.54) is 20.3 Å². The maximum atomic E-state index is 13.0. The number of hydrogen-bond donors (Lipinski definition) is 1. The molecule has 0 spiro atoms. The molecule has 0 saturated heterocycles. The Bertz CT molecular complexity index is 1430. The summed E-state index contributed by atoms with van der Waals surface area (Å²) in [5, 5.41) is 1.05. The van der Waals surface area contributed by atoms with Gasteiger partial charge in [0.2, 0.25) is 5.75 Å². The van der Waals surface area contributed by atoms with Crippen molar-refractivity contribution in [3.8, 4) is 34.5 Å². The third kappa shape index (κ3) is 5.92. The quantitative estimate of drug-likeness (QED) is 0.357. The Balaban J connectivity index is 1.79. The van der Waals surface area contributed by atoms with Gasteiger partial charge < -0.3 is 14.2 Å². The topological polar surface area (TPSA) is 113 Å². The smallest absolute Gasteiger partial charge is 0.263 e.